The van der Waals surface area contributed by atoms with Crippen LogP contribution in [0, 0.1) is 5.82 Å². The number of hydrogen-bond acceptors (Lipinski definition) is 2. The summed E-state index contributed by atoms with van der Waals surface area (Å²) < 4.78 is 15.1. The maximum Gasteiger partial charge on any atom is 0.148 e. The molecule has 3 rings (SSSR count). The number of rotatable bonds is 1. The van der Waals surface area contributed by atoms with Crippen molar-refractivity contribution >= 4 is 16.6 Å². The molecule has 1 aromatic heterocycles. The summed E-state index contributed by atoms with van der Waals surface area (Å²) in [5.74, 6) is -0.429. The quantitative estimate of drug-likeness (QED) is 0.649. The van der Waals surface area contributed by atoms with E-state index in [0.717, 1.165) is 10.9 Å². The lowest BCUT2D eigenvalue weighted by molar-refractivity contribution is 0.630. The summed E-state index contributed by atoms with van der Waals surface area (Å²) in [6, 6.07) is 12.4. The van der Waals surface area contributed by atoms with Crippen LogP contribution < -0.4 is 5.73 Å². The summed E-state index contributed by atoms with van der Waals surface area (Å²) in [5.41, 5.74) is 7.20. The van der Waals surface area contributed by atoms with Gasteiger partial charge >= 0.3 is 0 Å². The molecule has 2 aromatic carbocycles. The second-order valence-corrected chi connectivity index (χ2v) is 3.82. The van der Waals surface area contributed by atoms with E-state index in [2.05, 4.69) is 5.10 Å². The van der Waals surface area contributed by atoms with Crippen molar-refractivity contribution in [2.45, 2.75) is 0 Å². The number of nitrogen functional groups attached to an aromatic ring is 1. The van der Waals surface area contributed by atoms with Crippen LogP contribution in [0.3, 0.4) is 0 Å². The molecule has 0 unspecified atom stereocenters. The summed E-state index contributed by atoms with van der Waals surface area (Å²) in [6.45, 7) is 0. The van der Waals surface area contributed by atoms with Crippen LogP contribution in [-0.2, 0) is 0 Å². The first-order valence-electron chi connectivity index (χ1n) is 5.24. The minimum Gasteiger partial charge on any atom is -0.396 e. The Morgan fingerprint density at radius 2 is 1.94 bits per heavy atom. The van der Waals surface area contributed by atoms with E-state index in [-0.39, 0.29) is 5.69 Å². The Labute approximate surface area is 97.3 Å². The highest BCUT2D eigenvalue weighted by Gasteiger charge is 2.06. The number of nitrogens with two attached hydrogens (primary N) is 1. The number of hydrogen-bond donors (Lipinski definition) is 1. The fraction of sp³-hybridized carbons (Fsp3) is 0. The van der Waals surface area contributed by atoms with Crippen LogP contribution in [0.5, 0.6) is 0 Å². The van der Waals surface area contributed by atoms with Gasteiger partial charge in [0.25, 0.3) is 0 Å². The van der Waals surface area contributed by atoms with Crippen molar-refractivity contribution in [1.29, 1.82) is 0 Å². The third-order valence-corrected chi connectivity index (χ3v) is 2.71. The molecule has 0 spiro atoms. The number of halogens is 1. The number of nitrogens with zero attached hydrogens (tertiary/aromatic N) is 2. The lowest BCUT2D eigenvalue weighted by Gasteiger charge is -2.04. The van der Waals surface area contributed by atoms with Gasteiger partial charge in [0.1, 0.15) is 5.82 Å². The first-order chi connectivity index (χ1) is 8.25. The molecule has 3 aromatic rings. The first kappa shape index (κ1) is 9.84. The van der Waals surface area contributed by atoms with Crippen LogP contribution in [0.4, 0.5) is 10.1 Å². The van der Waals surface area contributed by atoms with Gasteiger partial charge < -0.3 is 5.73 Å². The van der Waals surface area contributed by atoms with E-state index in [1.807, 2.05) is 24.3 Å². The van der Waals surface area contributed by atoms with Crippen LogP contribution in [-0.4, -0.2) is 9.78 Å². The van der Waals surface area contributed by atoms with Gasteiger partial charge in [-0.15, -0.1) is 0 Å². The van der Waals surface area contributed by atoms with Crippen molar-refractivity contribution in [2.75, 3.05) is 5.73 Å². The molecule has 0 saturated carbocycles. The van der Waals surface area contributed by atoms with E-state index >= 15 is 0 Å². The van der Waals surface area contributed by atoms with E-state index in [4.69, 9.17) is 5.73 Å². The van der Waals surface area contributed by atoms with E-state index in [1.165, 1.54) is 6.07 Å². The average molecular weight is 227 g/mol. The molecule has 0 amide bonds. The third kappa shape index (κ3) is 1.54. The van der Waals surface area contributed by atoms with Gasteiger partial charge in [-0.3, -0.25) is 0 Å². The first-order valence-corrected chi connectivity index (χ1v) is 5.24. The lowest BCUT2D eigenvalue weighted by atomic mass is 10.2. The Hall–Kier alpha value is -2.36. The third-order valence-electron chi connectivity index (χ3n) is 2.71. The maximum atomic E-state index is 13.4. The van der Waals surface area contributed by atoms with Gasteiger partial charge in [0.05, 0.1) is 23.1 Å². The predicted octanol–water partition coefficient (Wildman–Crippen LogP) is 2.75. The van der Waals surface area contributed by atoms with E-state index in [0.29, 0.717) is 5.69 Å². The average Bonchev–Trinajstić information content (AvgIpc) is 2.76. The predicted molar refractivity (Wildman–Crippen MR) is 65.4 cm³/mol. The Morgan fingerprint density at radius 1 is 1.12 bits per heavy atom. The maximum absolute atomic E-state index is 13.4. The molecule has 1 heterocycles. The van der Waals surface area contributed by atoms with Gasteiger partial charge in [0.2, 0.25) is 0 Å². The van der Waals surface area contributed by atoms with Crippen molar-refractivity contribution in [3.63, 3.8) is 0 Å². The lowest BCUT2D eigenvalue weighted by Crippen LogP contribution is -1.98. The smallest absolute Gasteiger partial charge is 0.148 e. The van der Waals surface area contributed by atoms with Crippen LogP contribution in [0.25, 0.3) is 16.6 Å². The van der Waals surface area contributed by atoms with E-state index in [1.54, 1.807) is 23.0 Å². The Morgan fingerprint density at radius 3 is 2.76 bits per heavy atom. The molecule has 0 aliphatic carbocycles. The van der Waals surface area contributed by atoms with Crippen molar-refractivity contribution in [3.8, 4) is 5.69 Å². The Bertz CT molecular complexity index is 688. The number of para-hydroxylation sites is 1. The van der Waals surface area contributed by atoms with Crippen molar-refractivity contribution in [3.05, 3.63) is 54.5 Å². The molecule has 0 saturated heterocycles. The minimum absolute atomic E-state index is 0.144. The molecule has 0 atom stereocenters. The zero-order valence-corrected chi connectivity index (χ0v) is 8.97. The summed E-state index contributed by atoms with van der Waals surface area (Å²) >= 11 is 0. The topological polar surface area (TPSA) is 43.8 Å². The van der Waals surface area contributed by atoms with Gasteiger partial charge in [-0.25, -0.2) is 9.07 Å². The van der Waals surface area contributed by atoms with Crippen LogP contribution in [0.2, 0.25) is 0 Å². The van der Waals surface area contributed by atoms with Gasteiger partial charge in [0.15, 0.2) is 0 Å². The van der Waals surface area contributed by atoms with Gasteiger partial charge in [-0.05, 0) is 18.2 Å². The van der Waals surface area contributed by atoms with Crippen LogP contribution in [0.15, 0.2) is 48.7 Å². The van der Waals surface area contributed by atoms with Gasteiger partial charge in [-0.1, -0.05) is 18.2 Å². The number of aromatic nitrogens is 2. The summed E-state index contributed by atoms with van der Waals surface area (Å²) in [7, 11) is 0. The number of anilines is 1. The number of fused-ring (bicyclic) bond motifs is 1. The molecule has 0 aliphatic rings. The molecule has 3 nitrogen and oxygen atoms in total. The second kappa shape index (κ2) is 3.59. The highest BCUT2D eigenvalue weighted by molar-refractivity contribution is 5.80. The molecule has 2 N–H and O–H groups in total. The standard InChI is InChI=1S/C13H10FN3/c14-11-7-10(5-6-12(11)15)17-13-4-2-1-3-9(13)8-16-17/h1-8H,15H2. The van der Waals surface area contributed by atoms with Gasteiger partial charge in [0, 0.05) is 11.5 Å². The molecule has 4 heteroatoms. The normalized spacial score (nSPS) is 10.9. The SMILES string of the molecule is Nc1ccc(-n2ncc3ccccc32)cc1F. The zero-order chi connectivity index (χ0) is 11.8. The molecule has 84 valence electrons. The fourth-order valence-electron chi connectivity index (χ4n) is 1.83. The van der Waals surface area contributed by atoms with Crippen LogP contribution in [0.1, 0.15) is 0 Å². The zero-order valence-electron chi connectivity index (χ0n) is 8.97. The van der Waals surface area contributed by atoms with Crippen molar-refractivity contribution in [1.82, 2.24) is 9.78 Å². The Balaban J connectivity index is 2.24. The van der Waals surface area contributed by atoms with Crippen LogP contribution >= 0.6 is 0 Å². The minimum atomic E-state index is -0.429. The summed E-state index contributed by atoms with van der Waals surface area (Å²) in [6.07, 6.45) is 1.75. The molecule has 0 radical (unpaired) electrons. The fourth-order valence-corrected chi connectivity index (χ4v) is 1.83. The Kier molecular flexibility index (Phi) is 2.08. The largest absolute Gasteiger partial charge is 0.396 e. The molecular weight excluding hydrogens is 217 g/mol. The molecule has 0 aliphatic heterocycles. The monoisotopic (exact) mass is 227 g/mol. The van der Waals surface area contributed by atoms with E-state index in [9.17, 15) is 4.39 Å². The van der Waals surface area contributed by atoms with Gasteiger partial charge in [-0.2, -0.15) is 5.10 Å². The van der Waals surface area contributed by atoms with Crippen molar-refractivity contribution in [2.24, 2.45) is 0 Å². The highest BCUT2D eigenvalue weighted by atomic mass is 19.1. The molecule has 0 fully saturated rings. The van der Waals surface area contributed by atoms with Crippen molar-refractivity contribution < 1.29 is 4.39 Å². The van der Waals surface area contributed by atoms with E-state index < -0.39 is 5.82 Å². The summed E-state index contributed by atoms with van der Waals surface area (Å²) in [4.78, 5) is 0. The molecule has 17 heavy (non-hydrogen) atoms. The second-order valence-electron chi connectivity index (χ2n) is 3.82. The summed E-state index contributed by atoms with van der Waals surface area (Å²) in [5, 5.41) is 5.26. The number of benzene rings is 2. The molecule has 0 bridgehead atoms. The molecular formula is C13H10FN3. The highest BCUT2D eigenvalue weighted by Crippen LogP contribution is 2.20.